The molecule has 39 heavy (non-hydrogen) atoms. The van der Waals surface area contributed by atoms with Crippen LogP contribution in [0.3, 0.4) is 0 Å². The van der Waals surface area contributed by atoms with Crippen LogP contribution >= 0.6 is 0 Å². The van der Waals surface area contributed by atoms with Crippen LogP contribution in [0.4, 0.5) is 21.5 Å². The Balaban J connectivity index is 0.000000634. The van der Waals surface area contributed by atoms with Crippen molar-refractivity contribution < 1.29 is 4.39 Å². The van der Waals surface area contributed by atoms with Gasteiger partial charge in [0.25, 0.3) is 0 Å². The molecular weight excluding hydrogens is 483 g/mol. The Labute approximate surface area is 233 Å². The molecule has 1 heterocycles. The van der Waals surface area contributed by atoms with Gasteiger partial charge in [0.15, 0.2) is 0 Å². The van der Waals surface area contributed by atoms with Crippen LogP contribution in [0.15, 0.2) is 71.7 Å². The summed E-state index contributed by atoms with van der Waals surface area (Å²) >= 11 is 0. The maximum atomic E-state index is 13.6. The van der Waals surface area contributed by atoms with E-state index in [1.807, 2.05) is 18.2 Å². The lowest BCUT2D eigenvalue weighted by molar-refractivity contribution is 0.201. The van der Waals surface area contributed by atoms with Crippen LogP contribution in [0.5, 0.6) is 0 Å². The van der Waals surface area contributed by atoms with E-state index in [-0.39, 0.29) is 5.82 Å². The van der Waals surface area contributed by atoms with Crippen LogP contribution in [0.25, 0.3) is 0 Å². The maximum absolute atomic E-state index is 13.6. The van der Waals surface area contributed by atoms with Crippen LogP contribution in [-0.4, -0.2) is 29.4 Å². The fraction of sp³-hybridized carbons (Fsp3) is 0.412. The molecule has 206 valence electrons. The maximum Gasteiger partial charge on any atom is 0.125 e. The summed E-state index contributed by atoms with van der Waals surface area (Å²) in [5.41, 5.74) is 7.54. The molecule has 5 heteroatoms. The Morgan fingerprint density at radius 2 is 1.72 bits per heavy atom. The van der Waals surface area contributed by atoms with E-state index in [4.69, 9.17) is 10.4 Å². The molecule has 0 bridgehead atoms. The first-order valence-corrected chi connectivity index (χ1v) is 14.4. The van der Waals surface area contributed by atoms with E-state index < -0.39 is 0 Å². The Morgan fingerprint density at radius 3 is 2.33 bits per heavy atom. The smallest absolute Gasteiger partial charge is 0.125 e. The van der Waals surface area contributed by atoms with Gasteiger partial charge < -0.3 is 10.7 Å². The predicted octanol–water partition coefficient (Wildman–Crippen LogP) is 9.08. The van der Waals surface area contributed by atoms with Crippen molar-refractivity contribution in [2.45, 2.75) is 66.3 Å². The van der Waals surface area contributed by atoms with Crippen molar-refractivity contribution in [3.05, 3.63) is 89.2 Å². The van der Waals surface area contributed by atoms with Crippen molar-refractivity contribution in [3.63, 3.8) is 0 Å². The Bertz CT molecular complexity index is 1290. The zero-order valence-electron chi connectivity index (χ0n) is 23.9. The molecule has 0 aromatic heterocycles. The number of piperidine rings is 1. The SMILES string of the molecule is CC(=N)c1cc(CN2CCC(C(C)=Nc3ccccc3C)CC2)ccc1Nc1cccc(F)c1.CCC1CC1. The second kappa shape index (κ2) is 13.7. The minimum Gasteiger partial charge on any atom is -0.355 e. The summed E-state index contributed by atoms with van der Waals surface area (Å²) in [7, 11) is 0. The average Bonchev–Trinajstić information content (AvgIpc) is 3.77. The molecule has 2 N–H and O–H groups in total. The molecule has 0 unspecified atom stereocenters. The molecule has 0 atom stereocenters. The first kappa shape index (κ1) is 28.7. The van der Waals surface area contributed by atoms with E-state index in [9.17, 15) is 4.39 Å². The number of likely N-dealkylation sites (tertiary alicyclic amines) is 1. The van der Waals surface area contributed by atoms with Gasteiger partial charge in [-0.1, -0.05) is 56.5 Å². The molecule has 3 aromatic rings. The van der Waals surface area contributed by atoms with Crippen molar-refractivity contribution >= 4 is 28.5 Å². The van der Waals surface area contributed by atoms with E-state index in [0.29, 0.717) is 17.3 Å². The van der Waals surface area contributed by atoms with Crippen molar-refractivity contribution in [2.75, 3.05) is 18.4 Å². The van der Waals surface area contributed by atoms with Gasteiger partial charge >= 0.3 is 0 Å². The van der Waals surface area contributed by atoms with Crippen molar-refractivity contribution in [1.82, 2.24) is 4.90 Å². The number of aliphatic imine (C=N–C) groups is 1. The first-order valence-electron chi connectivity index (χ1n) is 14.4. The molecule has 0 amide bonds. The normalized spacial score (nSPS) is 16.4. The number of para-hydroxylation sites is 1. The third-order valence-corrected chi connectivity index (χ3v) is 7.86. The van der Waals surface area contributed by atoms with Gasteiger partial charge in [0, 0.05) is 34.9 Å². The molecule has 4 nitrogen and oxygen atoms in total. The number of hydrogen-bond acceptors (Lipinski definition) is 4. The number of nitrogens with zero attached hydrogens (tertiary/aromatic N) is 2. The minimum absolute atomic E-state index is 0.280. The predicted molar refractivity (Wildman–Crippen MR) is 164 cm³/mol. The quantitative estimate of drug-likeness (QED) is 0.288. The van der Waals surface area contributed by atoms with E-state index in [1.165, 1.54) is 48.2 Å². The summed E-state index contributed by atoms with van der Waals surface area (Å²) in [6, 6.07) is 20.9. The molecule has 2 fully saturated rings. The van der Waals surface area contributed by atoms with Gasteiger partial charge in [-0.3, -0.25) is 9.89 Å². The summed E-state index contributed by atoms with van der Waals surface area (Å²) in [5.74, 6) is 1.38. The number of anilines is 2. The molecular formula is C34H43FN4. The van der Waals surface area contributed by atoms with Gasteiger partial charge in [-0.2, -0.15) is 0 Å². The van der Waals surface area contributed by atoms with Gasteiger partial charge in [0.1, 0.15) is 5.82 Å². The number of nitrogens with one attached hydrogen (secondary N) is 2. The van der Waals surface area contributed by atoms with Crippen LogP contribution < -0.4 is 5.32 Å². The minimum atomic E-state index is -0.280. The lowest BCUT2D eigenvalue weighted by Gasteiger charge is -2.32. The van der Waals surface area contributed by atoms with Crippen molar-refractivity contribution in [1.29, 1.82) is 5.41 Å². The standard InChI is InChI=1S/C29H33FN4.C5H10/c1-20-7-4-5-10-28(20)32-22(3)24-13-15-34(16-14-24)19-23-11-12-29(27(17-23)21(2)31)33-26-9-6-8-25(30)18-26;1-2-5-3-4-5/h4-12,17-18,24,31,33H,13-16,19H2,1-3H3;5H,2-4H2,1H3. The number of halogens is 1. The van der Waals surface area contributed by atoms with Gasteiger partial charge in [-0.15, -0.1) is 0 Å². The van der Waals surface area contributed by atoms with E-state index in [2.05, 4.69) is 61.3 Å². The van der Waals surface area contributed by atoms with Crippen LogP contribution in [-0.2, 0) is 6.54 Å². The van der Waals surface area contributed by atoms with Gasteiger partial charge in [-0.05, 0) is 106 Å². The molecule has 1 aliphatic heterocycles. The first-order chi connectivity index (χ1) is 18.8. The van der Waals surface area contributed by atoms with E-state index >= 15 is 0 Å². The molecule has 3 aromatic carbocycles. The monoisotopic (exact) mass is 526 g/mol. The summed E-state index contributed by atoms with van der Waals surface area (Å²) in [4.78, 5) is 7.40. The number of hydrogen-bond donors (Lipinski definition) is 2. The van der Waals surface area contributed by atoms with Crippen molar-refractivity contribution in [3.8, 4) is 0 Å². The lowest BCUT2D eigenvalue weighted by Crippen LogP contribution is -2.35. The molecule has 0 spiro atoms. The van der Waals surface area contributed by atoms with Gasteiger partial charge in [-0.25, -0.2) is 4.39 Å². The third-order valence-electron chi connectivity index (χ3n) is 7.86. The van der Waals surface area contributed by atoms with Gasteiger partial charge in [0.05, 0.1) is 5.69 Å². The Hall–Kier alpha value is -3.31. The number of rotatable bonds is 8. The molecule has 5 rings (SSSR count). The highest BCUT2D eigenvalue weighted by Crippen LogP contribution is 2.31. The second-order valence-electron chi connectivity index (χ2n) is 11.1. The van der Waals surface area contributed by atoms with Crippen LogP contribution in [0.1, 0.15) is 69.6 Å². The highest BCUT2D eigenvalue weighted by molar-refractivity contribution is 6.02. The topological polar surface area (TPSA) is 51.5 Å². The van der Waals surface area contributed by atoms with E-state index in [0.717, 1.165) is 55.3 Å². The van der Waals surface area contributed by atoms with Crippen LogP contribution in [0.2, 0.25) is 0 Å². The Morgan fingerprint density at radius 1 is 0.974 bits per heavy atom. The van der Waals surface area contributed by atoms with Crippen molar-refractivity contribution in [2.24, 2.45) is 16.8 Å². The molecule has 1 saturated heterocycles. The highest BCUT2D eigenvalue weighted by Gasteiger charge is 2.22. The fourth-order valence-electron chi connectivity index (χ4n) is 5.09. The average molecular weight is 527 g/mol. The van der Waals surface area contributed by atoms with Gasteiger partial charge in [0.2, 0.25) is 0 Å². The zero-order chi connectivity index (χ0) is 27.8. The highest BCUT2D eigenvalue weighted by atomic mass is 19.1. The fourth-order valence-corrected chi connectivity index (χ4v) is 5.09. The van der Waals surface area contributed by atoms with E-state index in [1.54, 1.807) is 13.0 Å². The van der Waals surface area contributed by atoms with Crippen LogP contribution in [0, 0.1) is 30.0 Å². The summed E-state index contributed by atoms with van der Waals surface area (Å²) in [5, 5.41) is 11.5. The summed E-state index contributed by atoms with van der Waals surface area (Å²) in [6.07, 6.45) is 6.65. The molecule has 1 saturated carbocycles. The number of aryl methyl sites for hydroxylation is 1. The Kier molecular flexibility index (Phi) is 10.0. The largest absolute Gasteiger partial charge is 0.355 e. The second-order valence-corrected chi connectivity index (χ2v) is 11.1. The molecule has 1 aliphatic carbocycles. The zero-order valence-corrected chi connectivity index (χ0v) is 23.9. The summed E-state index contributed by atoms with van der Waals surface area (Å²) in [6.45, 7) is 11.3. The summed E-state index contributed by atoms with van der Waals surface area (Å²) < 4.78 is 13.6. The number of benzene rings is 3. The lowest BCUT2D eigenvalue weighted by atomic mass is 9.92. The molecule has 2 aliphatic rings. The molecule has 0 radical (unpaired) electrons. The third kappa shape index (κ3) is 8.59.